The minimum atomic E-state index is -0.502. The molecule has 34 heavy (non-hydrogen) atoms. The van der Waals surface area contributed by atoms with Crippen LogP contribution in [0.4, 0.5) is 5.69 Å². The molecule has 3 amide bonds. The maximum Gasteiger partial charge on any atom is 0.250 e. The predicted molar refractivity (Wildman–Crippen MR) is 135 cm³/mol. The summed E-state index contributed by atoms with van der Waals surface area (Å²) in [7, 11) is 3.05. The Morgan fingerprint density at radius 3 is 2.41 bits per heavy atom. The van der Waals surface area contributed by atoms with Crippen molar-refractivity contribution in [2.45, 2.75) is 19.8 Å². The fraction of sp³-hybridized carbons (Fsp3) is 0.217. The highest BCUT2D eigenvalue weighted by Crippen LogP contribution is 2.28. The summed E-state index contributed by atoms with van der Waals surface area (Å²) in [5.41, 5.74) is 6.78. The fourth-order valence-electron chi connectivity index (χ4n) is 2.68. The second kappa shape index (κ2) is 13.2. The van der Waals surface area contributed by atoms with E-state index in [1.807, 2.05) is 0 Å². The van der Waals surface area contributed by atoms with Gasteiger partial charge in [-0.25, -0.2) is 0 Å². The van der Waals surface area contributed by atoms with Crippen molar-refractivity contribution in [3.05, 3.63) is 58.6 Å². The Hall–Kier alpha value is -3.63. The number of carbonyl (C=O) groups is 3. The molecule has 9 nitrogen and oxygen atoms in total. The molecule has 180 valence electrons. The van der Waals surface area contributed by atoms with E-state index in [9.17, 15) is 14.4 Å². The van der Waals surface area contributed by atoms with E-state index in [-0.39, 0.29) is 23.9 Å². The van der Waals surface area contributed by atoms with E-state index in [1.165, 1.54) is 20.3 Å². The Morgan fingerprint density at radius 1 is 1.00 bits per heavy atom. The zero-order valence-corrected chi connectivity index (χ0v) is 20.4. The molecule has 0 saturated carbocycles. The summed E-state index contributed by atoms with van der Waals surface area (Å²) in [4.78, 5) is 36.1. The van der Waals surface area contributed by atoms with E-state index in [1.54, 1.807) is 49.4 Å². The van der Waals surface area contributed by atoms with Crippen molar-refractivity contribution in [2.75, 3.05) is 19.5 Å². The lowest BCUT2D eigenvalue weighted by Crippen LogP contribution is -2.48. The molecule has 2 rings (SSSR count). The molecule has 0 bridgehead atoms. The summed E-state index contributed by atoms with van der Waals surface area (Å²) in [6.07, 6.45) is 2.71. The van der Waals surface area contributed by atoms with Crippen LogP contribution in [-0.2, 0) is 14.4 Å². The number of benzene rings is 2. The van der Waals surface area contributed by atoms with E-state index in [0.29, 0.717) is 27.8 Å². The predicted octanol–water partition coefficient (Wildman–Crippen LogP) is 3.12. The van der Waals surface area contributed by atoms with Gasteiger partial charge >= 0.3 is 0 Å². The molecule has 0 aliphatic rings. The van der Waals surface area contributed by atoms with Gasteiger partial charge in [-0.15, -0.1) is 0 Å². The number of hydrogen-bond donors (Lipinski definition) is 4. The number of carbonyl (C=O) groups excluding carboxylic acids is 3. The van der Waals surface area contributed by atoms with Crippen molar-refractivity contribution in [3.63, 3.8) is 0 Å². The summed E-state index contributed by atoms with van der Waals surface area (Å²) in [6, 6.07) is 10.4. The van der Waals surface area contributed by atoms with Gasteiger partial charge in [0.05, 0.1) is 14.2 Å². The van der Waals surface area contributed by atoms with Gasteiger partial charge < -0.3 is 14.8 Å². The lowest BCUT2D eigenvalue weighted by atomic mass is 10.2. The van der Waals surface area contributed by atoms with Gasteiger partial charge in [-0.1, -0.05) is 23.7 Å². The van der Waals surface area contributed by atoms with Crippen molar-refractivity contribution in [2.24, 2.45) is 0 Å². The van der Waals surface area contributed by atoms with Crippen LogP contribution in [0, 0.1) is 6.92 Å². The molecule has 0 heterocycles. The maximum absolute atomic E-state index is 12.1. The molecular formula is C23H25ClN4O5S. The second-order valence-corrected chi connectivity index (χ2v) is 7.72. The van der Waals surface area contributed by atoms with Crippen LogP contribution in [0.1, 0.15) is 24.0 Å². The Kier molecular flexibility index (Phi) is 10.3. The third-order valence-corrected chi connectivity index (χ3v) is 5.12. The quantitative estimate of drug-likeness (QED) is 0.248. The molecule has 4 N–H and O–H groups in total. The van der Waals surface area contributed by atoms with Gasteiger partial charge in [0.15, 0.2) is 16.6 Å². The molecule has 0 saturated heterocycles. The highest BCUT2D eigenvalue weighted by molar-refractivity contribution is 7.80. The van der Waals surface area contributed by atoms with Crippen LogP contribution in [0.5, 0.6) is 11.5 Å². The fourth-order valence-corrected chi connectivity index (χ4v) is 3.01. The minimum Gasteiger partial charge on any atom is -0.493 e. The molecule has 0 aromatic heterocycles. The minimum absolute atomic E-state index is 0.0490. The number of nitrogens with one attached hydrogen (secondary N) is 4. The zero-order chi connectivity index (χ0) is 25.1. The lowest BCUT2D eigenvalue weighted by Gasteiger charge is -2.11. The standard InChI is InChI=1S/C23H25ClN4O5S/c1-14-16(24)5-4-6-17(14)25-20(29)11-12-22(31)27-28-23(34)26-21(30)10-8-15-7-9-18(32-2)19(13-15)33-3/h4-10,13H,11-12H2,1-3H3,(H,25,29)(H,27,31)(H2,26,28,30,34)/b10-8+. The van der Waals surface area contributed by atoms with Crippen molar-refractivity contribution in [1.82, 2.24) is 16.2 Å². The van der Waals surface area contributed by atoms with E-state index in [2.05, 4.69) is 21.5 Å². The molecule has 0 radical (unpaired) electrons. The van der Waals surface area contributed by atoms with E-state index in [4.69, 9.17) is 33.3 Å². The summed E-state index contributed by atoms with van der Waals surface area (Å²) in [6.45, 7) is 1.78. The molecule has 0 aliphatic heterocycles. The summed E-state index contributed by atoms with van der Waals surface area (Å²) < 4.78 is 10.4. The van der Waals surface area contributed by atoms with Crippen molar-refractivity contribution < 1.29 is 23.9 Å². The van der Waals surface area contributed by atoms with Crippen molar-refractivity contribution in [1.29, 1.82) is 0 Å². The average molecular weight is 505 g/mol. The molecule has 0 aliphatic carbocycles. The number of halogens is 1. The van der Waals surface area contributed by atoms with Gasteiger partial charge in [0.25, 0.3) is 0 Å². The molecule has 0 unspecified atom stereocenters. The lowest BCUT2D eigenvalue weighted by molar-refractivity contribution is -0.124. The number of thiocarbonyl (C=S) groups is 1. The first-order valence-corrected chi connectivity index (χ1v) is 10.9. The zero-order valence-electron chi connectivity index (χ0n) is 18.9. The van der Waals surface area contributed by atoms with Crippen LogP contribution in [0.25, 0.3) is 6.08 Å². The largest absolute Gasteiger partial charge is 0.493 e. The first kappa shape index (κ1) is 26.6. The Labute approximate surface area is 207 Å². The van der Waals surface area contributed by atoms with Gasteiger partial charge in [0.1, 0.15) is 0 Å². The Bertz CT molecular complexity index is 1110. The monoisotopic (exact) mass is 504 g/mol. The number of anilines is 1. The smallest absolute Gasteiger partial charge is 0.250 e. The van der Waals surface area contributed by atoms with Crippen LogP contribution in [0.3, 0.4) is 0 Å². The normalized spacial score (nSPS) is 10.4. The highest BCUT2D eigenvalue weighted by Gasteiger charge is 2.10. The molecule has 0 spiro atoms. The van der Waals surface area contributed by atoms with Crippen LogP contribution in [0.2, 0.25) is 5.02 Å². The topological polar surface area (TPSA) is 118 Å². The number of hydrogen-bond acceptors (Lipinski definition) is 6. The Morgan fingerprint density at radius 2 is 1.71 bits per heavy atom. The molecule has 2 aromatic carbocycles. The van der Waals surface area contributed by atoms with E-state index < -0.39 is 11.8 Å². The third-order valence-electron chi connectivity index (χ3n) is 4.51. The van der Waals surface area contributed by atoms with Crippen LogP contribution >= 0.6 is 23.8 Å². The van der Waals surface area contributed by atoms with Crippen molar-refractivity contribution in [3.8, 4) is 11.5 Å². The number of ether oxygens (including phenoxy) is 2. The SMILES string of the molecule is COc1ccc(/C=C/C(=O)NC(=S)NNC(=O)CCC(=O)Nc2cccc(Cl)c2C)cc1OC. The maximum atomic E-state index is 12.1. The van der Waals surface area contributed by atoms with E-state index in [0.717, 1.165) is 5.56 Å². The van der Waals surface area contributed by atoms with Crippen LogP contribution in [-0.4, -0.2) is 37.1 Å². The first-order valence-electron chi connectivity index (χ1n) is 10.1. The van der Waals surface area contributed by atoms with Crippen molar-refractivity contribution >= 4 is 58.4 Å². The van der Waals surface area contributed by atoms with E-state index >= 15 is 0 Å². The number of rotatable bonds is 8. The molecule has 2 aromatic rings. The Balaban J connectivity index is 1.73. The highest BCUT2D eigenvalue weighted by atomic mass is 35.5. The molecule has 0 atom stereocenters. The number of methoxy groups -OCH3 is 2. The van der Waals surface area contributed by atoms with Gasteiger partial charge in [-0.2, -0.15) is 0 Å². The first-order chi connectivity index (χ1) is 16.2. The van der Waals surface area contributed by atoms with Gasteiger partial charge in [-0.05, 0) is 60.6 Å². The summed E-state index contributed by atoms with van der Waals surface area (Å²) >= 11 is 11.0. The van der Waals surface area contributed by atoms with Crippen LogP contribution < -0.4 is 31.0 Å². The third kappa shape index (κ3) is 8.38. The number of hydrazine groups is 1. The molecule has 11 heteroatoms. The van der Waals surface area contributed by atoms with Gasteiger partial charge in [0, 0.05) is 29.6 Å². The van der Waals surface area contributed by atoms with Gasteiger partial charge in [-0.3, -0.25) is 30.6 Å². The summed E-state index contributed by atoms with van der Waals surface area (Å²) in [5.74, 6) is -0.214. The molecular weight excluding hydrogens is 480 g/mol. The summed E-state index contributed by atoms with van der Waals surface area (Å²) in [5, 5.41) is 5.54. The van der Waals surface area contributed by atoms with Gasteiger partial charge in [0.2, 0.25) is 17.7 Å². The second-order valence-electron chi connectivity index (χ2n) is 6.90. The van der Waals surface area contributed by atoms with Crippen LogP contribution in [0.15, 0.2) is 42.5 Å². The molecule has 0 fully saturated rings. The number of amides is 3. The average Bonchev–Trinajstić information content (AvgIpc) is 2.82.